The number of aromatic nitrogens is 2. The highest BCUT2D eigenvalue weighted by Gasteiger charge is 2.12. The molecule has 0 aliphatic rings. The van der Waals surface area contributed by atoms with Gasteiger partial charge in [0.25, 0.3) is 5.91 Å². The summed E-state index contributed by atoms with van der Waals surface area (Å²) in [4.78, 5) is 12.5. The van der Waals surface area contributed by atoms with Crippen molar-refractivity contribution < 1.29 is 4.79 Å². The van der Waals surface area contributed by atoms with Gasteiger partial charge in [-0.1, -0.05) is 0 Å². The molecular formula is C9H8IN3OS. The first-order valence-electron chi connectivity index (χ1n) is 4.23. The average Bonchev–Trinajstić information content (AvgIpc) is 2.76. The number of carbonyl (C=O) groups excluding carboxylic acids is 1. The zero-order chi connectivity index (χ0) is 10.8. The van der Waals surface area contributed by atoms with E-state index in [0.717, 1.165) is 14.0 Å². The fourth-order valence-electron chi connectivity index (χ4n) is 1.10. The van der Waals surface area contributed by atoms with Crippen molar-refractivity contribution in [2.45, 2.75) is 6.92 Å². The Labute approximate surface area is 104 Å². The molecule has 0 aromatic carbocycles. The molecule has 2 heterocycles. The summed E-state index contributed by atoms with van der Waals surface area (Å²) in [5.41, 5.74) is 0.926. The Bertz CT molecular complexity index is 491. The van der Waals surface area contributed by atoms with Crippen molar-refractivity contribution in [1.82, 2.24) is 10.2 Å². The topological polar surface area (TPSA) is 57.8 Å². The average molecular weight is 333 g/mol. The Hall–Kier alpha value is -0.890. The first-order valence-corrected chi connectivity index (χ1v) is 6.18. The van der Waals surface area contributed by atoms with Crippen molar-refractivity contribution >= 4 is 45.7 Å². The standard InChI is InChI=1S/C9H8IN3OS/c1-5-4-11-13-8(5)12-9(14)7-6(10)2-3-15-7/h2-4H,1H3,(H2,11,12,13,14). The monoisotopic (exact) mass is 333 g/mol. The van der Waals surface area contributed by atoms with Gasteiger partial charge < -0.3 is 5.32 Å². The molecule has 0 saturated carbocycles. The molecule has 78 valence electrons. The summed E-state index contributed by atoms with van der Waals surface area (Å²) in [7, 11) is 0. The minimum absolute atomic E-state index is 0.0956. The number of nitrogens with one attached hydrogen (secondary N) is 2. The van der Waals surface area contributed by atoms with Gasteiger partial charge in [-0.05, 0) is 41.0 Å². The molecule has 4 nitrogen and oxygen atoms in total. The van der Waals surface area contributed by atoms with E-state index in [4.69, 9.17) is 0 Å². The van der Waals surface area contributed by atoms with Crippen LogP contribution in [0.1, 0.15) is 15.2 Å². The van der Waals surface area contributed by atoms with Crippen LogP contribution in [-0.2, 0) is 0 Å². The van der Waals surface area contributed by atoms with Crippen LogP contribution >= 0.6 is 33.9 Å². The van der Waals surface area contributed by atoms with Gasteiger partial charge in [0.2, 0.25) is 0 Å². The van der Waals surface area contributed by atoms with Gasteiger partial charge in [-0.3, -0.25) is 9.89 Å². The predicted octanol–water partition coefficient (Wildman–Crippen LogP) is 2.64. The van der Waals surface area contributed by atoms with Crippen molar-refractivity contribution in [3.8, 4) is 0 Å². The highest BCUT2D eigenvalue weighted by Crippen LogP contribution is 2.20. The van der Waals surface area contributed by atoms with Crippen LogP contribution in [0.5, 0.6) is 0 Å². The number of amides is 1. The zero-order valence-electron chi connectivity index (χ0n) is 7.87. The molecule has 0 radical (unpaired) electrons. The summed E-state index contributed by atoms with van der Waals surface area (Å²) in [6.45, 7) is 1.89. The Morgan fingerprint density at radius 3 is 3.00 bits per heavy atom. The lowest BCUT2D eigenvalue weighted by Gasteiger charge is -2.01. The number of carbonyl (C=O) groups is 1. The van der Waals surface area contributed by atoms with Gasteiger partial charge in [0.05, 0.1) is 6.20 Å². The Balaban J connectivity index is 2.18. The van der Waals surface area contributed by atoms with Crippen molar-refractivity contribution in [3.05, 3.63) is 31.7 Å². The zero-order valence-corrected chi connectivity index (χ0v) is 10.8. The number of hydrogen-bond acceptors (Lipinski definition) is 3. The van der Waals surface area contributed by atoms with Crippen LogP contribution in [0.15, 0.2) is 17.6 Å². The molecule has 0 atom stereocenters. The second-order valence-corrected chi connectivity index (χ2v) is 5.06. The largest absolute Gasteiger partial charge is 0.306 e. The molecule has 0 fully saturated rings. The smallest absolute Gasteiger partial charge is 0.267 e. The third-order valence-electron chi connectivity index (χ3n) is 1.89. The third-order valence-corrected chi connectivity index (χ3v) is 4.07. The number of anilines is 1. The van der Waals surface area contributed by atoms with Gasteiger partial charge >= 0.3 is 0 Å². The van der Waals surface area contributed by atoms with E-state index >= 15 is 0 Å². The quantitative estimate of drug-likeness (QED) is 0.830. The molecular weight excluding hydrogens is 325 g/mol. The highest BCUT2D eigenvalue weighted by atomic mass is 127. The number of hydrogen-bond donors (Lipinski definition) is 2. The number of thiophene rings is 1. The number of nitrogens with zero attached hydrogens (tertiary/aromatic N) is 1. The molecule has 2 aromatic rings. The summed E-state index contributed by atoms with van der Waals surface area (Å²) in [5, 5.41) is 11.3. The fraction of sp³-hybridized carbons (Fsp3) is 0.111. The molecule has 0 saturated heterocycles. The number of rotatable bonds is 2. The third kappa shape index (κ3) is 2.20. The van der Waals surface area contributed by atoms with Crippen LogP contribution in [0.4, 0.5) is 5.82 Å². The number of halogens is 1. The normalized spacial score (nSPS) is 10.3. The summed E-state index contributed by atoms with van der Waals surface area (Å²) in [6, 6.07) is 1.92. The van der Waals surface area contributed by atoms with Crippen molar-refractivity contribution in [1.29, 1.82) is 0 Å². The SMILES string of the molecule is Cc1cn[nH]c1NC(=O)c1sccc1I. The van der Waals surface area contributed by atoms with Gasteiger partial charge in [-0.25, -0.2) is 0 Å². The van der Waals surface area contributed by atoms with E-state index in [1.807, 2.05) is 18.4 Å². The van der Waals surface area contributed by atoms with E-state index in [-0.39, 0.29) is 5.91 Å². The van der Waals surface area contributed by atoms with Crippen LogP contribution in [0.2, 0.25) is 0 Å². The molecule has 0 spiro atoms. The molecule has 1 amide bonds. The van der Waals surface area contributed by atoms with Gasteiger partial charge in [-0.2, -0.15) is 5.10 Å². The van der Waals surface area contributed by atoms with Gasteiger partial charge in [-0.15, -0.1) is 11.3 Å². The minimum Gasteiger partial charge on any atom is -0.306 e. The van der Waals surface area contributed by atoms with Crippen molar-refractivity contribution in [3.63, 3.8) is 0 Å². The second kappa shape index (κ2) is 4.31. The maximum absolute atomic E-state index is 11.8. The lowest BCUT2D eigenvalue weighted by atomic mass is 10.3. The Morgan fingerprint density at radius 2 is 2.47 bits per heavy atom. The van der Waals surface area contributed by atoms with Gasteiger partial charge in [0.15, 0.2) is 0 Å². The first-order chi connectivity index (χ1) is 7.18. The first kappa shape index (κ1) is 10.6. The number of H-pyrrole nitrogens is 1. The van der Waals surface area contributed by atoms with Crippen LogP contribution < -0.4 is 5.32 Å². The highest BCUT2D eigenvalue weighted by molar-refractivity contribution is 14.1. The van der Waals surface area contributed by atoms with Crippen LogP contribution in [0.25, 0.3) is 0 Å². The summed E-state index contributed by atoms with van der Waals surface area (Å²) < 4.78 is 0.965. The summed E-state index contributed by atoms with van der Waals surface area (Å²) in [5.74, 6) is 0.561. The summed E-state index contributed by atoms with van der Waals surface area (Å²) in [6.07, 6.45) is 1.68. The molecule has 6 heteroatoms. The molecule has 0 unspecified atom stereocenters. The molecule has 0 aliphatic carbocycles. The van der Waals surface area contributed by atoms with Crippen LogP contribution in [0.3, 0.4) is 0 Å². The van der Waals surface area contributed by atoms with Crippen molar-refractivity contribution in [2.24, 2.45) is 0 Å². The predicted molar refractivity (Wildman–Crippen MR) is 68.3 cm³/mol. The lowest BCUT2D eigenvalue weighted by molar-refractivity contribution is 0.102. The molecule has 2 N–H and O–H groups in total. The lowest BCUT2D eigenvalue weighted by Crippen LogP contribution is -2.12. The Morgan fingerprint density at radius 1 is 1.67 bits per heavy atom. The molecule has 0 bridgehead atoms. The van der Waals surface area contributed by atoms with Crippen LogP contribution in [0, 0.1) is 10.5 Å². The molecule has 0 aliphatic heterocycles. The number of aryl methyl sites for hydroxylation is 1. The molecule has 15 heavy (non-hydrogen) atoms. The van der Waals surface area contributed by atoms with Gasteiger partial charge in [0.1, 0.15) is 10.7 Å². The number of aromatic amines is 1. The Kier molecular flexibility index (Phi) is 3.06. The maximum atomic E-state index is 11.8. The fourth-order valence-corrected chi connectivity index (χ4v) is 2.83. The van der Waals surface area contributed by atoms with Crippen LogP contribution in [-0.4, -0.2) is 16.1 Å². The van der Waals surface area contributed by atoms with Gasteiger partial charge in [0, 0.05) is 9.13 Å². The minimum atomic E-state index is -0.0956. The van der Waals surface area contributed by atoms with E-state index in [1.165, 1.54) is 11.3 Å². The maximum Gasteiger partial charge on any atom is 0.267 e. The van der Waals surface area contributed by atoms with E-state index in [2.05, 4.69) is 38.1 Å². The van der Waals surface area contributed by atoms with E-state index in [1.54, 1.807) is 6.20 Å². The summed E-state index contributed by atoms with van der Waals surface area (Å²) >= 11 is 3.58. The second-order valence-electron chi connectivity index (χ2n) is 2.98. The molecule has 2 aromatic heterocycles. The van der Waals surface area contributed by atoms with E-state index in [9.17, 15) is 4.79 Å². The van der Waals surface area contributed by atoms with Crippen molar-refractivity contribution in [2.75, 3.05) is 5.32 Å². The molecule has 2 rings (SSSR count). The van der Waals surface area contributed by atoms with E-state index < -0.39 is 0 Å². The van der Waals surface area contributed by atoms with E-state index in [0.29, 0.717) is 5.82 Å².